The Balaban J connectivity index is 2.33. The molecule has 0 saturated heterocycles. The minimum absolute atomic E-state index is 0.506. The van der Waals surface area contributed by atoms with Gasteiger partial charge in [0, 0.05) is 17.8 Å². The van der Waals surface area contributed by atoms with Crippen LogP contribution in [-0.4, -0.2) is 24.2 Å². The summed E-state index contributed by atoms with van der Waals surface area (Å²) in [6.07, 6.45) is 1.67. The van der Waals surface area contributed by atoms with E-state index in [-0.39, 0.29) is 0 Å². The maximum Gasteiger partial charge on any atom is 0.123 e. The number of nitriles is 1. The highest BCUT2D eigenvalue weighted by atomic mass is 16.5. The van der Waals surface area contributed by atoms with Gasteiger partial charge in [-0.1, -0.05) is 6.07 Å². The molecule has 114 valence electrons. The van der Waals surface area contributed by atoms with Crippen molar-refractivity contribution in [1.82, 2.24) is 9.97 Å². The fourth-order valence-electron chi connectivity index (χ4n) is 2.47. The van der Waals surface area contributed by atoms with Gasteiger partial charge in [-0.2, -0.15) is 5.26 Å². The van der Waals surface area contributed by atoms with Crippen molar-refractivity contribution in [2.75, 3.05) is 14.2 Å². The van der Waals surface area contributed by atoms with Crippen molar-refractivity contribution in [2.45, 2.75) is 6.92 Å². The van der Waals surface area contributed by atoms with Crippen molar-refractivity contribution in [3.05, 3.63) is 47.8 Å². The molecule has 0 aliphatic carbocycles. The quantitative estimate of drug-likeness (QED) is 0.741. The first-order valence-corrected chi connectivity index (χ1v) is 7.06. The van der Waals surface area contributed by atoms with Gasteiger partial charge in [-0.05, 0) is 30.7 Å². The Morgan fingerprint density at radius 3 is 2.30 bits per heavy atom. The first-order valence-electron chi connectivity index (χ1n) is 7.06. The van der Waals surface area contributed by atoms with Crippen LogP contribution < -0.4 is 9.47 Å². The van der Waals surface area contributed by atoms with Gasteiger partial charge >= 0.3 is 0 Å². The van der Waals surface area contributed by atoms with E-state index in [4.69, 9.17) is 9.47 Å². The first-order chi connectivity index (χ1) is 11.2. The third-order valence-electron chi connectivity index (χ3n) is 3.60. The number of benzene rings is 2. The van der Waals surface area contributed by atoms with Gasteiger partial charge in [0.05, 0.1) is 31.0 Å². The molecule has 0 aliphatic rings. The predicted molar refractivity (Wildman–Crippen MR) is 87.5 cm³/mol. The highest BCUT2D eigenvalue weighted by Gasteiger charge is 2.12. The molecule has 0 bridgehead atoms. The normalized spacial score (nSPS) is 10.3. The molecule has 0 unspecified atom stereocenters. The summed E-state index contributed by atoms with van der Waals surface area (Å²) >= 11 is 0. The molecule has 3 aromatic rings. The van der Waals surface area contributed by atoms with Gasteiger partial charge in [0.2, 0.25) is 0 Å². The summed E-state index contributed by atoms with van der Waals surface area (Å²) in [5.74, 6) is 1.38. The van der Waals surface area contributed by atoms with Crippen LogP contribution in [0, 0.1) is 18.3 Å². The second kappa shape index (κ2) is 5.93. The lowest BCUT2D eigenvalue weighted by atomic mass is 10.0. The van der Waals surface area contributed by atoms with Crippen LogP contribution in [0.2, 0.25) is 0 Å². The van der Waals surface area contributed by atoms with Crippen LogP contribution in [0.5, 0.6) is 11.5 Å². The molecule has 2 aromatic carbocycles. The Bertz CT molecular complexity index is 907. The topological polar surface area (TPSA) is 68.0 Å². The second-order valence-electron chi connectivity index (χ2n) is 5.08. The van der Waals surface area contributed by atoms with Gasteiger partial charge in [0.25, 0.3) is 0 Å². The van der Waals surface area contributed by atoms with Gasteiger partial charge in [-0.3, -0.25) is 4.98 Å². The minimum Gasteiger partial charge on any atom is -0.497 e. The molecule has 1 aromatic heterocycles. The molecule has 5 nitrogen and oxygen atoms in total. The summed E-state index contributed by atoms with van der Waals surface area (Å²) in [5.41, 5.74) is 4.37. The minimum atomic E-state index is 0.506. The average Bonchev–Trinajstić information content (AvgIpc) is 2.59. The molecular weight excluding hydrogens is 290 g/mol. The van der Waals surface area contributed by atoms with Crippen molar-refractivity contribution in [1.29, 1.82) is 5.26 Å². The molecule has 0 spiro atoms. The molecule has 0 fully saturated rings. The van der Waals surface area contributed by atoms with E-state index in [0.29, 0.717) is 28.1 Å². The SMILES string of the molecule is COc1cc(OC)cc(-c2ccc(C#N)c3ncc(C)nc23)c1. The highest BCUT2D eigenvalue weighted by molar-refractivity contribution is 5.95. The van der Waals surface area contributed by atoms with Gasteiger partial charge in [-0.15, -0.1) is 0 Å². The summed E-state index contributed by atoms with van der Waals surface area (Å²) < 4.78 is 10.7. The number of aromatic nitrogens is 2. The van der Waals surface area contributed by atoms with E-state index in [2.05, 4.69) is 16.0 Å². The molecule has 1 heterocycles. The van der Waals surface area contributed by atoms with Crippen LogP contribution in [0.4, 0.5) is 0 Å². The number of ether oxygens (including phenoxy) is 2. The summed E-state index contributed by atoms with van der Waals surface area (Å²) in [6, 6.07) is 11.4. The number of fused-ring (bicyclic) bond motifs is 1. The Hall–Kier alpha value is -3.13. The fourth-order valence-corrected chi connectivity index (χ4v) is 2.47. The summed E-state index contributed by atoms with van der Waals surface area (Å²) in [5, 5.41) is 9.27. The monoisotopic (exact) mass is 305 g/mol. The van der Waals surface area contributed by atoms with Gasteiger partial charge in [0.1, 0.15) is 23.1 Å². The number of nitrogens with zero attached hydrogens (tertiary/aromatic N) is 3. The lowest BCUT2D eigenvalue weighted by Gasteiger charge is -2.11. The Kier molecular flexibility index (Phi) is 3.82. The largest absolute Gasteiger partial charge is 0.497 e. The third-order valence-corrected chi connectivity index (χ3v) is 3.60. The number of methoxy groups -OCH3 is 2. The van der Waals surface area contributed by atoms with E-state index in [1.165, 1.54) is 0 Å². The molecule has 0 N–H and O–H groups in total. The maximum atomic E-state index is 9.27. The van der Waals surface area contributed by atoms with Crippen LogP contribution in [0.15, 0.2) is 36.5 Å². The third kappa shape index (κ3) is 2.67. The van der Waals surface area contributed by atoms with E-state index in [1.807, 2.05) is 31.2 Å². The maximum absolute atomic E-state index is 9.27. The Morgan fingerprint density at radius 1 is 1.00 bits per heavy atom. The first kappa shape index (κ1) is 14.8. The van der Waals surface area contributed by atoms with Crippen LogP contribution in [0.25, 0.3) is 22.2 Å². The number of hydrogen-bond acceptors (Lipinski definition) is 5. The standard InChI is InChI=1S/C18H15N3O2/c1-11-10-20-17-12(9-19)4-5-16(18(17)21-11)13-6-14(22-2)8-15(7-13)23-3/h4-8,10H,1-3H3. The lowest BCUT2D eigenvalue weighted by Crippen LogP contribution is -1.94. The van der Waals surface area contributed by atoms with E-state index >= 15 is 0 Å². The highest BCUT2D eigenvalue weighted by Crippen LogP contribution is 2.33. The molecule has 0 radical (unpaired) electrons. The van der Waals surface area contributed by atoms with Gasteiger partial charge in [0.15, 0.2) is 0 Å². The second-order valence-corrected chi connectivity index (χ2v) is 5.08. The molecule has 0 atom stereocenters. The molecule has 23 heavy (non-hydrogen) atoms. The zero-order chi connectivity index (χ0) is 16.4. The molecule has 0 saturated carbocycles. The van der Waals surface area contributed by atoms with Crippen molar-refractivity contribution in [3.8, 4) is 28.7 Å². The van der Waals surface area contributed by atoms with Crippen LogP contribution in [0.3, 0.4) is 0 Å². The summed E-state index contributed by atoms with van der Waals surface area (Å²) in [7, 11) is 3.22. The molecular formula is C18H15N3O2. The molecule has 3 rings (SSSR count). The number of rotatable bonds is 3. The number of aryl methyl sites for hydroxylation is 1. The smallest absolute Gasteiger partial charge is 0.123 e. The van der Waals surface area contributed by atoms with Crippen molar-refractivity contribution in [3.63, 3.8) is 0 Å². The Morgan fingerprint density at radius 2 is 1.70 bits per heavy atom. The van der Waals surface area contributed by atoms with E-state index < -0.39 is 0 Å². The van der Waals surface area contributed by atoms with Crippen molar-refractivity contribution in [2.24, 2.45) is 0 Å². The fraction of sp³-hybridized carbons (Fsp3) is 0.167. The molecule has 5 heteroatoms. The van der Waals surface area contributed by atoms with Crippen LogP contribution in [0.1, 0.15) is 11.3 Å². The van der Waals surface area contributed by atoms with E-state index in [9.17, 15) is 5.26 Å². The van der Waals surface area contributed by atoms with E-state index in [1.54, 1.807) is 26.5 Å². The average molecular weight is 305 g/mol. The zero-order valence-corrected chi connectivity index (χ0v) is 13.1. The predicted octanol–water partition coefficient (Wildman–Crippen LogP) is 3.49. The van der Waals surface area contributed by atoms with Crippen LogP contribution in [-0.2, 0) is 0 Å². The summed E-state index contributed by atoms with van der Waals surface area (Å²) in [6.45, 7) is 1.88. The van der Waals surface area contributed by atoms with Crippen molar-refractivity contribution >= 4 is 11.0 Å². The zero-order valence-electron chi connectivity index (χ0n) is 13.1. The number of hydrogen-bond donors (Lipinski definition) is 0. The Labute approximate surface area is 134 Å². The summed E-state index contributed by atoms with van der Waals surface area (Å²) in [4.78, 5) is 8.95. The molecule has 0 amide bonds. The van der Waals surface area contributed by atoms with Crippen molar-refractivity contribution < 1.29 is 9.47 Å². The van der Waals surface area contributed by atoms with Gasteiger partial charge < -0.3 is 9.47 Å². The lowest BCUT2D eigenvalue weighted by molar-refractivity contribution is 0.394. The van der Waals surface area contributed by atoms with Gasteiger partial charge in [-0.25, -0.2) is 4.98 Å². The van der Waals surface area contributed by atoms with Crippen LogP contribution >= 0.6 is 0 Å². The van der Waals surface area contributed by atoms with E-state index in [0.717, 1.165) is 16.8 Å². The molecule has 0 aliphatic heterocycles.